The van der Waals surface area contributed by atoms with Crippen LogP contribution in [0.5, 0.6) is 0 Å². The zero-order valence-electron chi connectivity index (χ0n) is 13.2. The van der Waals surface area contributed by atoms with Crippen LogP contribution in [0.1, 0.15) is 47.0 Å². The predicted molar refractivity (Wildman–Crippen MR) is 81.7 cm³/mol. The number of carbonyl (C=O) groups is 1. The van der Waals surface area contributed by atoms with Crippen molar-refractivity contribution in [3.8, 4) is 0 Å². The molecule has 20 heavy (non-hydrogen) atoms. The number of carbonyl (C=O) groups excluding carboxylic acids is 1. The molecule has 0 saturated carbocycles. The van der Waals surface area contributed by atoms with Gasteiger partial charge in [-0.3, -0.25) is 15.1 Å². The summed E-state index contributed by atoms with van der Waals surface area (Å²) >= 11 is 0. The summed E-state index contributed by atoms with van der Waals surface area (Å²) in [6, 6.07) is 0.545. The molecule has 2 saturated heterocycles. The Kier molecular flexibility index (Phi) is 4.68. The Bertz CT molecular complexity index is 391. The second kappa shape index (κ2) is 6.12. The van der Waals surface area contributed by atoms with Gasteiger partial charge in [0.25, 0.3) is 5.91 Å². The van der Waals surface area contributed by atoms with Gasteiger partial charge in [-0.2, -0.15) is 0 Å². The summed E-state index contributed by atoms with van der Waals surface area (Å²) in [4.78, 5) is 19.3. The number of amides is 1. The fourth-order valence-corrected chi connectivity index (χ4v) is 2.92. The normalized spacial score (nSPS) is 30.1. The molecule has 2 N–H and O–H groups in total. The van der Waals surface area contributed by atoms with Crippen LogP contribution in [-0.2, 0) is 4.79 Å². The van der Waals surface area contributed by atoms with Gasteiger partial charge in [0.15, 0.2) is 5.96 Å². The van der Waals surface area contributed by atoms with Gasteiger partial charge < -0.3 is 10.2 Å². The molecule has 2 heterocycles. The van der Waals surface area contributed by atoms with Crippen molar-refractivity contribution >= 4 is 11.9 Å². The van der Waals surface area contributed by atoms with Crippen LogP contribution in [0, 0.1) is 5.92 Å². The minimum absolute atomic E-state index is 0.102. The first-order chi connectivity index (χ1) is 9.43. The van der Waals surface area contributed by atoms with E-state index in [1.54, 1.807) is 0 Å². The van der Waals surface area contributed by atoms with E-state index < -0.39 is 5.54 Å². The lowest BCUT2D eigenvalue weighted by Gasteiger charge is -2.26. The van der Waals surface area contributed by atoms with E-state index in [9.17, 15) is 4.79 Å². The monoisotopic (exact) mass is 280 g/mol. The molecule has 0 radical (unpaired) electrons. The third-order valence-corrected chi connectivity index (χ3v) is 4.24. The molecule has 0 bridgehead atoms. The molecule has 1 atom stereocenters. The summed E-state index contributed by atoms with van der Waals surface area (Å²) < 4.78 is 0. The van der Waals surface area contributed by atoms with Gasteiger partial charge in [0, 0.05) is 19.1 Å². The zero-order chi connectivity index (χ0) is 14.8. The van der Waals surface area contributed by atoms with Crippen molar-refractivity contribution in [2.24, 2.45) is 10.9 Å². The van der Waals surface area contributed by atoms with E-state index in [4.69, 9.17) is 0 Å². The molecule has 5 nitrogen and oxygen atoms in total. The van der Waals surface area contributed by atoms with Crippen molar-refractivity contribution in [2.75, 3.05) is 19.6 Å². The number of hydrogen-bond donors (Lipinski definition) is 2. The van der Waals surface area contributed by atoms with Crippen molar-refractivity contribution in [1.29, 1.82) is 0 Å². The highest BCUT2D eigenvalue weighted by molar-refractivity contribution is 6.09. The molecular formula is C15H28N4O. The number of likely N-dealkylation sites (tertiary alicyclic amines) is 1. The molecule has 5 heteroatoms. The molecular weight excluding hydrogens is 252 g/mol. The minimum atomic E-state index is -0.431. The van der Waals surface area contributed by atoms with Crippen LogP contribution >= 0.6 is 0 Å². The van der Waals surface area contributed by atoms with Crippen LogP contribution in [0.4, 0.5) is 0 Å². The zero-order valence-corrected chi connectivity index (χ0v) is 13.2. The van der Waals surface area contributed by atoms with Crippen molar-refractivity contribution in [3.63, 3.8) is 0 Å². The molecule has 2 fully saturated rings. The highest BCUT2D eigenvalue weighted by Gasteiger charge is 2.45. The third kappa shape index (κ3) is 3.32. The molecule has 1 unspecified atom stereocenters. The Hall–Kier alpha value is -1.10. The molecule has 1 spiro atoms. The van der Waals surface area contributed by atoms with Gasteiger partial charge in [-0.15, -0.1) is 0 Å². The molecule has 0 aliphatic carbocycles. The maximum Gasteiger partial charge on any atom is 0.252 e. The third-order valence-electron chi connectivity index (χ3n) is 4.24. The Morgan fingerprint density at radius 1 is 1.25 bits per heavy atom. The van der Waals surface area contributed by atoms with Crippen LogP contribution in [0.2, 0.25) is 0 Å². The largest absolute Gasteiger partial charge is 0.342 e. The average Bonchev–Trinajstić information content (AvgIpc) is 2.56. The predicted octanol–water partition coefficient (Wildman–Crippen LogP) is 1.35. The molecule has 1 amide bonds. The van der Waals surface area contributed by atoms with Crippen LogP contribution < -0.4 is 10.6 Å². The molecule has 2 rings (SSSR count). The molecule has 0 aromatic heterocycles. The fourth-order valence-electron chi connectivity index (χ4n) is 2.92. The van der Waals surface area contributed by atoms with Gasteiger partial charge in [-0.05, 0) is 45.6 Å². The van der Waals surface area contributed by atoms with Gasteiger partial charge >= 0.3 is 0 Å². The molecule has 2 aliphatic rings. The van der Waals surface area contributed by atoms with Crippen molar-refractivity contribution < 1.29 is 4.79 Å². The Balaban J connectivity index is 2.04. The quantitative estimate of drug-likeness (QED) is 0.820. The van der Waals surface area contributed by atoms with Gasteiger partial charge in [0.05, 0.1) is 0 Å². The van der Waals surface area contributed by atoms with Gasteiger partial charge in [-0.25, -0.2) is 0 Å². The summed E-state index contributed by atoms with van der Waals surface area (Å²) in [6.07, 6.45) is 2.80. The second-order valence-electron chi connectivity index (χ2n) is 6.73. The van der Waals surface area contributed by atoms with Crippen molar-refractivity contribution in [2.45, 2.75) is 58.5 Å². The maximum absolute atomic E-state index is 12.4. The van der Waals surface area contributed by atoms with Crippen molar-refractivity contribution in [1.82, 2.24) is 15.5 Å². The first kappa shape index (κ1) is 15.3. The number of aliphatic imine (C=N–C) groups is 1. The van der Waals surface area contributed by atoms with E-state index in [0.29, 0.717) is 17.9 Å². The van der Waals surface area contributed by atoms with Crippen LogP contribution in [-0.4, -0.2) is 48.0 Å². The number of hydrogen-bond acceptors (Lipinski definition) is 3. The first-order valence-corrected chi connectivity index (χ1v) is 7.81. The van der Waals surface area contributed by atoms with E-state index in [1.807, 2.05) is 0 Å². The van der Waals surface area contributed by atoms with Gasteiger partial charge in [0.1, 0.15) is 5.54 Å². The Morgan fingerprint density at radius 3 is 2.65 bits per heavy atom. The average molecular weight is 280 g/mol. The minimum Gasteiger partial charge on any atom is -0.342 e. The van der Waals surface area contributed by atoms with Crippen molar-refractivity contribution in [3.05, 3.63) is 0 Å². The molecule has 114 valence electrons. The highest BCUT2D eigenvalue weighted by atomic mass is 16.2. The topological polar surface area (TPSA) is 56.7 Å². The van der Waals surface area contributed by atoms with Gasteiger partial charge in [0.2, 0.25) is 0 Å². The number of rotatable bonds is 3. The lowest BCUT2D eigenvalue weighted by molar-refractivity contribution is -0.124. The van der Waals surface area contributed by atoms with Crippen LogP contribution in [0.3, 0.4) is 0 Å². The summed E-state index contributed by atoms with van der Waals surface area (Å²) in [6.45, 7) is 11.5. The summed E-state index contributed by atoms with van der Waals surface area (Å²) in [7, 11) is 0. The van der Waals surface area contributed by atoms with E-state index in [1.165, 1.54) is 0 Å². The summed E-state index contributed by atoms with van der Waals surface area (Å²) in [5.74, 6) is 1.27. The fraction of sp³-hybridized carbons (Fsp3) is 0.867. The highest BCUT2D eigenvalue weighted by Crippen LogP contribution is 2.26. The lowest BCUT2D eigenvalue weighted by Crippen LogP contribution is -2.47. The Morgan fingerprint density at radius 2 is 2.00 bits per heavy atom. The second-order valence-corrected chi connectivity index (χ2v) is 6.73. The summed E-state index contributed by atoms with van der Waals surface area (Å²) in [5, 5.41) is 6.30. The van der Waals surface area contributed by atoms with Crippen LogP contribution in [0.25, 0.3) is 0 Å². The van der Waals surface area contributed by atoms with E-state index in [-0.39, 0.29) is 5.91 Å². The standard InChI is InChI=1S/C15H28N4O/c1-11(2)10-16-14-17-13(20)15(18-14)6-5-8-19(9-7-15)12(3)4/h11-12H,5-10H2,1-4H3,(H2,16,17,18,20). The molecule has 0 aromatic rings. The summed E-state index contributed by atoms with van der Waals surface area (Å²) in [5.41, 5.74) is -0.431. The maximum atomic E-state index is 12.4. The van der Waals surface area contributed by atoms with E-state index >= 15 is 0 Å². The van der Waals surface area contributed by atoms with Crippen LogP contribution in [0.15, 0.2) is 4.99 Å². The Labute approximate surface area is 122 Å². The number of guanidine groups is 1. The number of nitrogens with one attached hydrogen (secondary N) is 2. The van der Waals surface area contributed by atoms with E-state index in [0.717, 1.165) is 38.9 Å². The SMILES string of the molecule is CC(C)CN=C1NC(=O)C2(CCCN(C(C)C)CC2)N1. The lowest BCUT2D eigenvalue weighted by atomic mass is 9.91. The molecule has 2 aliphatic heterocycles. The van der Waals surface area contributed by atoms with E-state index in [2.05, 4.69) is 48.2 Å². The smallest absolute Gasteiger partial charge is 0.252 e. The first-order valence-electron chi connectivity index (χ1n) is 7.81. The number of nitrogens with zero attached hydrogens (tertiary/aromatic N) is 2. The van der Waals surface area contributed by atoms with Gasteiger partial charge in [-0.1, -0.05) is 13.8 Å². The molecule has 0 aromatic carbocycles.